The van der Waals surface area contributed by atoms with Crippen LogP contribution >= 0.6 is 0 Å². The second-order valence-corrected chi connectivity index (χ2v) is 20.1. The van der Waals surface area contributed by atoms with Crippen LogP contribution in [-0.2, 0) is 21.7 Å². The Morgan fingerprint density at radius 2 is 0.483 bits per heavy atom. The average Bonchev–Trinajstić information content (AvgIpc) is 3.17. The molecule has 6 rings (SSSR count). The fourth-order valence-corrected chi connectivity index (χ4v) is 7.36. The molecule has 0 aliphatic heterocycles. The van der Waals surface area contributed by atoms with Gasteiger partial charge in [-0.15, -0.1) is 11.4 Å². The van der Waals surface area contributed by atoms with Crippen LogP contribution in [0.3, 0.4) is 0 Å². The zero-order valence-corrected chi connectivity index (χ0v) is 37.6. The highest BCUT2D eigenvalue weighted by atomic mass is 15.0. The van der Waals surface area contributed by atoms with Crippen molar-refractivity contribution in [2.45, 2.75) is 119 Å². The summed E-state index contributed by atoms with van der Waals surface area (Å²) >= 11 is 0. The highest BCUT2D eigenvalue weighted by molar-refractivity contribution is 5.95. The Balaban J connectivity index is 1.48. The second kappa shape index (κ2) is 16.1. The monoisotopic (exact) mass is 765 g/mol. The summed E-state index contributed by atoms with van der Waals surface area (Å²) in [6.07, 6.45) is 0. The number of benzene rings is 6. The van der Waals surface area contributed by atoms with E-state index in [1.165, 1.54) is 22.3 Å². The summed E-state index contributed by atoms with van der Waals surface area (Å²) < 4.78 is 0. The lowest BCUT2D eigenvalue weighted by atomic mass is 9.85. The maximum absolute atomic E-state index is 5.52. The molecule has 0 atom stereocenters. The van der Waals surface area contributed by atoms with E-state index >= 15 is 0 Å². The molecule has 0 bridgehead atoms. The number of para-hydroxylation sites is 2. The Kier molecular flexibility index (Phi) is 11.8. The maximum Gasteiger partial charge on any atom is -0.0132 e. The number of hydrogen-bond acceptors (Lipinski definition) is 0. The first-order valence-corrected chi connectivity index (χ1v) is 20.9. The van der Waals surface area contributed by atoms with Crippen molar-refractivity contribution >= 4 is 11.4 Å². The minimum atomic E-state index is 0.0682. The van der Waals surface area contributed by atoms with Crippen LogP contribution in [0, 0.1) is 0 Å². The Bertz CT molecular complexity index is 2050. The molecule has 0 saturated carbocycles. The van der Waals surface area contributed by atoms with E-state index in [1.54, 1.807) is 0 Å². The first-order chi connectivity index (χ1) is 27.1. The predicted molar refractivity (Wildman–Crippen MR) is 254 cm³/mol. The van der Waals surface area contributed by atoms with Crippen LogP contribution in [0.2, 0.25) is 0 Å². The summed E-state index contributed by atoms with van der Waals surface area (Å²) in [7, 11) is 0. The van der Waals surface area contributed by atoms with Crippen LogP contribution in [0.4, 0.5) is 11.4 Å². The van der Waals surface area contributed by atoms with Crippen molar-refractivity contribution in [3.63, 3.8) is 0 Å². The van der Waals surface area contributed by atoms with Crippen LogP contribution < -0.4 is 0 Å². The second-order valence-electron chi connectivity index (χ2n) is 20.1. The standard InChI is InChI=1S/C56H64N2/c1-37(57-51-47(39-21-29-43(30-22-39)53(3,4)5)17-15-18-48(51)40-23-31-44(32-24-40)54(6,7)8)38(2)58-52-49(41-25-33-45(34-26-41)55(9,10)11)19-16-20-50(52)42-27-35-46(36-28-42)56(12,13)14/h15-36H,1-14H3/q-2/b38-37-. The third-order valence-electron chi connectivity index (χ3n) is 11.4. The van der Waals surface area contributed by atoms with Crippen LogP contribution in [0.5, 0.6) is 0 Å². The molecule has 0 aliphatic rings. The number of nitrogens with zero attached hydrogens (tertiary/aromatic N) is 2. The van der Waals surface area contributed by atoms with E-state index in [0.29, 0.717) is 0 Å². The minimum Gasteiger partial charge on any atom is -0.662 e. The molecule has 0 unspecified atom stereocenters. The highest BCUT2D eigenvalue weighted by Gasteiger charge is 2.18. The summed E-state index contributed by atoms with van der Waals surface area (Å²) in [5, 5.41) is 11.0. The smallest absolute Gasteiger partial charge is 0.0132 e. The molecule has 0 saturated heterocycles. The van der Waals surface area contributed by atoms with Crippen molar-refractivity contribution in [1.29, 1.82) is 0 Å². The number of allylic oxidation sites excluding steroid dienone is 2. The maximum atomic E-state index is 5.52. The lowest BCUT2D eigenvalue weighted by Crippen LogP contribution is -2.10. The SMILES string of the molecule is C/C([N-]c1c(-c2ccc(C(C)(C)C)cc2)cccc1-c1ccc(C(C)(C)C)cc1)=C(\C)[N-]c1c(-c2ccc(C(C)(C)C)cc2)cccc1-c1ccc(C(C)(C)C)cc1. The summed E-state index contributed by atoms with van der Waals surface area (Å²) in [6, 6.07) is 49.2. The van der Waals surface area contributed by atoms with E-state index in [1.807, 2.05) is 0 Å². The van der Waals surface area contributed by atoms with E-state index in [0.717, 1.165) is 67.3 Å². The van der Waals surface area contributed by atoms with Crippen LogP contribution in [-0.4, -0.2) is 0 Å². The van der Waals surface area contributed by atoms with Gasteiger partial charge in [-0.2, -0.15) is 11.4 Å². The van der Waals surface area contributed by atoms with Crippen LogP contribution in [0.25, 0.3) is 55.1 Å². The normalized spacial score (nSPS) is 12.9. The van der Waals surface area contributed by atoms with E-state index in [-0.39, 0.29) is 21.7 Å². The molecule has 0 fully saturated rings. The molecule has 0 amide bonds. The molecule has 58 heavy (non-hydrogen) atoms. The molecule has 0 radical (unpaired) electrons. The fourth-order valence-electron chi connectivity index (χ4n) is 7.36. The first-order valence-electron chi connectivity index (χ1n) is 20.9. The zero-order valence-electron chi connectivity index (χ0n) is 37.6. The molecule has 0 N–H and O–H groups in total. The Morgan fingerprint density at radius 3 is 0.655 bits per heavy atom. The Hall–Kier alpha value is -5.34. The summed E-state index contributed by atoms with van der Waals surface area (Å²) in [5.74, 6) is 0. The van der Waals surface area contributed by atoms with E-state index < -0.39 is 0 Å². The topological polar surface area (TPSA) is 28.2 Å². The van der Waals surface area contributed by atoms with Crippen molar-refractivity contribution in [2.24, 2.45) is 0 Å². The average molecular weight is 765 g/mol. The van der Waals surface area contributed by atoms with Crippen molar-refractivity contribution in [3.05, 3.63) is 178 Å². The summed E-state index contributed by atoms with van der Waals surface area (Å²) in [4.78, 5) is 0. The van der Waals surface area contributed by atoms with Crippen LogP contribution in [0.15, 0.2) is 145 Å². The van der Waals surface area contributed by atoms with Crippen molar-refractivity contribution < 1.29 is 0 Å². The van der Waals surface area contributed by atoms with Crippen molar-refractivity contribution in [2.75, 3.05) is 0 Å². The van der Waals surface area contributed by atoms with Crippen molar-refractivity contribution in [1.82, 2.24) is 0 Å². The van der Waals surface area contributed by atoms with Gasteiger partial charge in [0.05, 0.1) is 0 Å². The number of hydrogen-bond donors (Lipinski definition) is 0. The van der Waals surface area contributed by atoms with Gasteiger partial charge in [0, 0.05) is 0 Å². The van der Waals surface area contributed by atoms with E-state index in [2.05, 4.69) is 230 Å². The Labute approximate surface area is 350 Å². The van der Waals surface area contributed by atoms with Gasteiger partial charge in [0.1, 0.15) is 0 Å². The summed E-state index contributed by atoms with van der Waals surface area (Å²) in [6.45, 7) is 31.3. The molecular formula is C56H64N2-2. The molecule has 0 aliphatic carbocycles. The zero-order chi connectivity index (χ0) is 42.2. The third-order valence-corrected chi connectivity index (χ3v) is 11.4. The third kappa shape index (κ3) is 9.50. The van der Waals surface area contributed by atoms with Gasteiger partial charge in [0.15, 0.2) is 0 Å². The van der Waals surface area contributed by atoms with Crippen LogP contribution in [0.1, 0.15) is 119 Å². The lowest BCUT2D eigenvalue weighted by Gasteiger charge is -2.38. The van der Waals surface area contributed by atoms with Gasteiger partial charge in [-0.05, 0) is 88.4 Å². The van der Waals surface area contributed by atoms with E-state index in [4.69, 9.17) is 10.6 Å². The summed E-state index contributed by atoms with van der Waals surface area (Å²) in [5.41, 5.74) is 18.1. The van der Waals surface area contributed by atoms with E-state index in [9.17, 15) is 0 Å². The first kappa shape index (κ1) is 42.3. The van der Waals surface area contributed by atoms with Crippen molar-refractivity contribution in [3.8, 4) is 44.5 Å². The van der Waals surface area contributed by atoms with Gasteiger partial charge in [-0.25, -0.2) is 0 Å². The molecule has 0 spiro atoms. The van der Waals surface area contributed by atoms with Gasteiger partial charge in [0.2, 0.25) is 0 Å². The fraction of sp³-hybridized carbons (Fsp3) is 0.321. The number of rotatable bonds is 8. The Morgan fingerprint density at radius 1 is 0.293 bits per heavy atom. The van der Waals surface area contributed by atoms with Gasteiger partial charge >= 0.3 is 0 Å². The van der Waals surface area contributed by atoms with Gasteiger partial charge in [-0.1, -0.05) is 230 Å². The molecule has 300 valence electrons. The predicted octanol–water partition coefficient (Wildman–Crippen LogP) is 17.5. The van der Waals surface area contributed by atoms with Gasteiger partial charge in [-0.3, -0.25) is 0 Å². The highest BCUT2D eigenvalue weighted by Crippen LogP contribution is 2.48. The molecule has 2 heteroatoms. The molecule has 6 aromatic carbocycles. The van der Waals surface area contributed by atoms with Gasteiger partial charge < -0.3 is 10.6 Å². The van der Waals surface area contributed by atoms with Gasteiger partial charge in [0.25, 0.3) is 0 Å². The quantitative estimate of drug-likeness (QED) is 0.148. The molecular weight excluding hydrogens is 701 g/mol. The molecule has 0 heterocycles. The minimum absolute atomic E-state index is 0.0682. The molecule has 2 nitrogen and oxygen atoms in total. The molecule has 0 aromatic heterocycles. The molecule has 6 aromatic rings. The lowest BCUT2D eigenvalue weighted by molar-refractivity contribution is 0.590. The largest absolute Gasteiger partial charge is 0.662 e.